The summed E-state index contributed by atoms with van der Waals surface area (Å²) in [6, 6.07) is 19.9. The second-order valence-corrected chi connectivity index (χ2v) is 9.53. The average molecular weight is 487 g/mol. The van der Waals surface area contributed by atoms with Crippen LogP contribution < -0.4 is 9.47 Å². The Morgan fingerprint density at radius 2 is 1.78 bits per heavy atom. The maximum atomic E-state index is 13.5. The number of rotatable bonds is 10. The summed E-state index contributed by atoms with van der Waals surface area (Å²) in [4.78, 5) is 2.61. The first-order chi connectivity index (χ1) is 17.6. The van der Waals surface area contributed by atoms with Gasteiger partial charge in [-0.25, -0.2) is 4.39 Å². The molecule has 36 heavy (non-hydrogen) atoms. The van der Waals surface area contributed by atoms with Gasteiger partial charge in [0.1, 0.15) is 5.82 Å². The SMILES string of the molecule is CCN(CCCCc1cn(-c2ccc(F)cc2)c2ccccc12)[C@@H]1CCc2c1ccc(OC)c2OC. The molecule has 0 radical (unpaired) electrons. The largest absolute Gasteiger partial charge is 0.493 e. The van der Waals surface area contributed by atoms with E-state index in [0.717, 1.165) is 62.4 Å². The molecule has 0 N–H and O–H groups in total. The summed E-state index contributed by atoms with van der Waals surface area (Å²) in [5.74, 6) is 1.50. The molecule has 188 valence electrons. The third kappa shape index (κ3) is 4.60. The van der Waals surface area contributed by atoms with Crippen LogP contribution in [-0.2, 0) is 12.8 Å². The summed E-state index contributed by atoms with van der Waals surface area (Å²) in [6.07, 6.45) is 7.67. The van der Waals surface area contributed by atoms with Gasteiger partial charge in [-0.15, -0.1) is 0 Å². The number of hydrogen-bond donors (Lipinski definition) is 0. The molecule has 4 nitrogen and oxygen atoms in total. The molecule has 0 saturated heterocycles. The predicted octanol–water partition coefficient (Wildman–Crippen LogP) is 7.12. The summed E-state index contributed by atoms with van der Waals surface area (Å²) in [7, 11) is 3.43. The third-order valence-electron chi connectivity index (χ3n) is 7.60. The highest BCUT2D eigenvalue weighted by atomic mass is 19.1. The Balaban J connectivity index is 1.26. The Hall–Kier alpha value is -3.31. The Morgan fingerprint density at radius 1 is 0.972 bits per heavy atom. The first-order valence-electron chi connectivity index (χ1n) is 13.0. The van der Waals surface area contributed by atoms with Crippen molar-refractivity contribution in [1.82, 2.24) is 9.47 Å². The highest BCUT2D eigenvalue weighted by molar-refractivity contribution is 5.85. The first-order valence-corrected chi connectivity index (χ1v) is 13.0. The number of hydrogen-bond acceptors (Lipinski definition) is 3. The number of fused-ring (bicyclic) bond motifs is 2. The van der Waals surface area contributed by atoms with Crippen molar-refractivity contribution in [2.75, 3.05) is 27.3 Å². The second kappa shape index (κ2) is 10.8. The number of ether oxygens (including phenoxy) is 2. The van der Waals surface area contributed by atoms with Gasteiger partial charge in [-0.2, -0.15) is 0 Å². The van der Waals surface area contributed by atoms with Gasteiger partial charge in [0.2, 0.25) is 0 Å². The molecular formula is C31H35FN2O2. The molecule has 1 heterocycles. The van der Waals surface area contributed by atoms with Crippen molar-refractivity contribution in [3.63, 3.8) is 0 Å². The molecule has 1 aromatic heterocycles. The minimum absolute atomic E-state index is 0.210. The van der Waals surface area contributed by atoms with Crippen LogP contribution in [0.5, 0.6) is 11.5 Å². The quantitative estimate of drug-likeness (QED) is 0.223. The zero-order valence-corrected chi connectivity index (χ0v) is 21.5. The Bertz CT molecular complexity index is 1330. The lowest BCUT2D eigenvalue weighted by molar-refractivity contribution is 0.203. The number of unbranched alkanes of at least 4 members (excludes halogenated alkanes) is 1. The molecule has 0 saturated carbocycles. The standard InChI is InChI=1S/C31H35FN2O2/c1-4-33(28-18-16-27-26(28)17-19-30(35-2)31(27)36-3)20-8-7-9-22-21-34(24-14-12-23(32)13-15-24)29-11-6-5-10-25(22)29/h5-6,10-15,17,19,21,28H,4,7-9,16,18,20H2,1-3H3/t28-/m1/s1. The van der Waals surface area contributed by atoms with Crippen LogP contribution in [0, 0.1) is 5.82 Å². The van der Waals surface area contributed by atoms with Crippen LogP contribution in [0.2, 0.25) is 0 Å². The molecule has 0 fully saturated rings. The summed E-state index contributed by atoms with van der Waals surface area (Å²) >= 11 is 0. The first kappa shape index (κ1) is 24.4. The van der Waals surface area contributed by atoms with Crippen molar-refractivity contribution in [2.24, 2.45) is 0 Å². The smallest absolute Gasteiger partial charge is 0.164 e. The van der Waals surface area contributed by atoms with Crippen LogP contribution in [-0.4, -0.2) is 36.8 Å². The molecule has 1 aliphatic carbocycles. The van der Waals surface area contributed by atoms with E-state index in [1.54, 1.807) is 14.2 Å². The topological polar surface area (TPSA) is 26.6 Å². The van der Waals surface area contributed by atoms with Gasteiger partial charge in [-0.05, 0) is 92.7 Å². The molecule has 5 rings (SSSR count). The highest BCUT2D eigenvalue weighted by Crippen LogP contribution is 2.44. The van der Waals surface area contributed by atoms with Crippen LogP contribution in [0.4, 0.5) is 4.39 Å². The fourth-order valence-corrected chi connectivity index (χ4v) is 5.82. The van der Waals surface area contributed by atoms with E-state index in [-0.39, 0.29) is 5.82 Å². The normalized spacial score (nSPS) is 15.0. The molecule has 3 aromatic carbocycles. The van der Waals surface area contributed by atoms with Crippen LogP contribution >= 0.6 is 0 Å². The van der Waals surface area contributed by atoms with E-state index in [0.29, 0.717) is 6.04 Å². The number of halogens is 1. The Kier molecular flexibility index (Phi) is 7.28. The maximum Gasteiger partial charge on any atom is 0.164 e. The number of para-hydroxylation sites is 1. The highest BCUT2D eigenvalue weighted by Gasteiger charge is 2.30. The lowest BCUT2D eigenvalue weighted by Gasteiger charge is -2.28. The van der Waals surface area contributed by atoms with Crippen LogP contribution in [0.25, 0.3) is 16.6 Å². The average Bonchev–Trinajstić information content (AvgIpc) is 3.51. The maximum absolute atomic E-state index is 13.5. The van der Waals surface area contributed by atoms with E-state index < -0.39 is 0 Å². The Labute approximate surface area is 213 Å². The minimum atomic E-state index is -0.210. The summed E-state index contributed by atoms with van der Waals surface area (Å²) in [5, 5.41) is 1.28. The zero-order valence-electron chi connectivity index (χ0n) is 21.5. The fraction of sp³-hybridized carbons (Fsp3) is 0.355. The molecule has 0 aliphatic heterocycles. The third-order valence-corrected chi connectivity index (χ3v) is 7.60. The molecular weight excluding hydrogens is 451 g/mol. The van der Waals surface area contributed by atoms with Gasteiger partial charge in [0.25, 0.3) is 0 Å². The molecule has 0 unspecified atom stereocenters. The zero-order chi connectivity index (χ0) is 25.1. The van der Waals surface area contributed by atoms with Gasteiger partial charge < -0.3 is 14.0 Å². The molecule has 0 bridgehead atoms. The van der Waals surface area contributed by atoms with Crippen molar-refractivity contribution in [3.05, 3.63) is 89.4 Å². The van der Waals surface area contributed by atoms with Crippen molar-refractivity contribution in [2.45, 2.75) is 45.1 Å². The minimum Gasteiger partial charge on any atom is -0.493 e. The fourth-order valence-electron chi connectivity index (χ4n) is 5.82. The summed E-state index contributed by atoms with van der Waals surface area (Å²) in [6.45, 7) is 4.36. The molecule has 1 atom stereocenters. The predicted molar refractivity (Wildman–Crippen MR) is 144 cm³/mol. The van der Waals surface area contributed by atoms with E-state index in [1.165, 1.54) is 39.7 Å². The van der Waals surface area contributed by atoms with Crippen molar-refractivity contribution in [3.8, 4) is 17.2 Å². The number of aromatic nitrogens is 1. The van der Waals surface area contributed by atoms with E-state index in [1.807, 2.05) is 18.2 Å². The summed E-state index contributed by atoms with van der Waals surface area (Å²) in [5.41, 5.74) is 6.19. The van der Waals surface area contributed by atoms with Crippen LogP contribution in [0.3, 0.4) is 0 Å². The molecule has 0 spiro atoms. The Morgan fingerprint density at radius 3 is 2.53 bits per heavy atom. The molecule has 0 amide bonds. The van der Waals surface area contributed by atoms with Crippen molar-refractivity contribution in [1.29, 1.82) is 0 Å². The van der Waals surface area contributed by atoms with E-state index in [2.05, 4.69) is 52.9 Å². The monoisotopic (exact) mass is 486 g/mol. The van der Waals surface area contributed by atoms with Gasteiger partial charge in [-0.3, -0.25) is 4.90 Å². The van der Waals surface area contributed by atoms with E-state index in [9.17, 15) is 4.39 Å². The van der Waals surface area contributed by atoms with E-state index in [4.69, 9.17) is 9.47 Å². The molecule has 4 aromatic rings. The number of methoxy groups -OCH3 is 2. The van der Waals surface area contributed by atoms with Gasteiger partial charge in [0, 0.05) is 28.9 Å². The van der Waals surface area contributed by atoms with E-state index >= 15 is 0 Å². The van der Waals surface area contributed by atoms with Gasteiger partial charge in [0.05, 0.1) is 19.7 Å². The number of benzene rings is 3. The van der Waals surface area contributed by atoms with Gasteiger partial charge in [0.15, 0.2) is 11.5 Å². The second-order valence-electron chi connectivity index (χ2n) is 9.53. The summed E-state index contributed by atoms with van der Waals surface area (Å²) < 4.78 is 26.9. The van der Waals surface area contributed by atoms with Crippen molar-refractivity contribution >= 4 is 10.9 Å². The number of nitrogens with zero attached hydrogens (tertiary/aromatic N) is 2. The molecule has 5 heteroatoms. The van der Waals surface area contributed by atoms with Gasteiger partial charge in [-0.1, -0.05) is 31.2 Å². The van der Waals surface area contributed by atoms with Gasteiger partial charge >= 0.3 is 0 Å². The number of aryl methyl sites for hydroxylation is 1. The molecule has 1 aliphatic rings. The van der Waals surface area contributed by atoms with Crippen molar-refractivity contribution < 1.29 is 13.9 Å². The lowest BCUT2D eigenvalue weighted by Crippen LogP contribution is -2.28. The van der Waals surface area contributed by atoms with Crippen LogP contribution in [0.15, 0.2) is 66.9 Å². The lowest BCUT2D eigenvalue weighted by atomic mass is 10.0. The van der Waals surface area contributed by atoms with Crippen LogP contribution in [0.1, 0.15) is 48.9 Å².